The maximum absolute atomic E-state index is 11.4. The molecule has 0 fully saturated rings. The van der Waals surface area contributed by atoms with Gasteiger partial charge in [0.15, 0.2) is 5.84 Å². The van der Waals surface area contributed by atoms with Crippen molar-refractivity contribution in [2.75, 3.05) is 6.54 Å². The van der Waals surface area contributed by atoms with Gasteiger partial charge in [0, 0.05) is 11.6 Å². The summed E-state index contributed by atoms with van der Waals surface area (Å²) < 4.78 is 0. The topological polar surface area (TPSA) is 128 Å². The van der Waals surface area contributed by atoms with Gasteiger partial charge in [0.1, 0.15) is 11.5 Å². The Morgan fingerprint density at radius 3 is 2.38 bits per heavy atom. The predicted octanol–water partition coefficient (Wildman–Crippen LogP) is -0.426. The van der Waals surface area contributed by atoms with Gasteiger partial charge in [0.2, 0.25) is 0 Å². The molecule has 0 saturated heterocycles. The Kier molecular flexibility index (Phi) is 3.54. The lowest BCUT2D eigenvalue weighted by Crippen LogP contribution is -2.33. The highest BCUT2D eigenvalue weighted by Crippen LogP contribution is 2.19. The van der Waals surface area contributed by atoms with E-state index in [9.17, 15) is 4.79 Å². The summed E-state index contributed by atoms with van der Waals surface area (Å²) in [5, 5.41) is 31.5. The maximum atomic E-state index is 11.4. The number of nitrogens with one attached hydrogen (secondary N) is 1. The molecule has 0 aliphatic carbocycles. The summed E-state index contributed by atoms with van der Waals surface area (Å²) in [5.41, 5.74) is 5.22. The summed E-state index contributed by atoms with van der Waals surface area (Å²) in [5.74, 6) is -1.17. The van der Waals surface area contributed by atoms with Crippen molar-refractivity contribution < 1.29 is 20.2 Å². The lowest BCUT2D eigenvalue weighted by Gasteiger charge is -2.05. The highest BCUT2D eigenvalue weighted by atomic mass is 16.4. The highest BCUT2D eigenvalue weighted by molar-refractivity contribution is 5.97. The molecule has 6 N–H and O–H groups in total. The Labute approximate surface area is 90.8 Å². The fourth-order valence-electron chi connectivity index (χ4n) is 1.03. The number of aromatic hydroxyl groups is 2. The van der Waals surface area contributed by atoms with Crippen LogP contribution in [0.2, 0.25) is 0 Å². The smallest absolute Gasteiger partial charge is 0.251 e. The lowest BCUT2D eigenvalue weighted by atomic mass is 10.2. The Bertz CT molecular complexity index is 411. The van der Waals surface area contributed by atoms with Crippen molar-refractivity contribution in [2.45, 2.75) is 0 Å². The molecule has 0 aliphatic heterocycles. The van der Waals surface area contributed by atoms with E-state index >= 15 is 0 Å². The number of phenols is 2. The predicted molar refractivity (Wildman–Crippen MR) is 55.5 cm³/mol. The standard InChI is InChI=1S/C9H11N3O4/c10-8(12-16)4-11-9(15)5-1-6(13)3-7(14)2-5/h1-3,13-14,16H,4H2,(H2,10,12)(H,11,15). The molecule has 1 rings (SSSR count). The molecule has 7 nitrogen and oxygen atoms in total. The maximum Gasteiger partial charge on any atom is 0.251 e. The van der Waals surface area contributed by atoms with Crippen LogP contribution in [0, 0.1) is 0 Å². The molecule has 7 heteroatoms. The van der Waals surface area contributed by atoms with Crippen LogP contribution in [-0.4, -0.2) is 33.7 Å². The molecule has 0 aliphatic rings. The van der Waals surface area contributed by atoms with Crippen LogP contribution in [0.1, 0.15) is 10.4 Å². The lowest BCUT2D eigenvalue weighted by molar-refractivity contribution is 0.0958. The minimum atomic E-state index is -0.558. The van der Waals surface area contributed by atoms with E-state index in [0.29, 0.717) is 0 Å². The summed E-state index contributed by atoms with van der Waals surface area (Å²) in [7, 11) is 0. The van der Waals surface area contributed by atoms with Crippen LogP contribution in [0.3, 0.4) is 0 Å². The molecule has 1 aromatic rings. The van der Waals surface area contributed by atoms with Crippen molar-refractivity contribution in [3.63, 3.8) is 0 Å². The number of oxime groups is 1. The van der Waals surface area contributed by atoms with Gasteiger partial charge in [-0.3, -0.25) is 4.79 Å². The highest BCUT2D eigenvalue weighted by Gasteiger charge is 2.08. The third-order valence-corrected chi connectivity index (χ3v) is 1.72. The fourth-order valence-corrected chi connectivity index (χ4v) is 1.03. The first kappa shape index (κ1) is 11.6. The quantitative estimate of drug-likeness (QED) is 0.206. The molecular weight excluding hydrogens is 214 g/mol. The van der Waals surface area contributed by atoms with E-state index in [0.717, 1.165) is 6.07 Å². The van der Waals surface area contributed by atoms with E-state index in [1.807, 2.05) is 0 Å². The third-order valence-electron chi connectivity index (χ3n) is 1.72. The van der Waals surface area contributed by atoms with E-state index in [-0.39, 0.29) is 29.4 Å². The van der Waals surface area contributed by atoms with Crippen molar-refractivity contribution in [3.05, 3.63) is 23.8 Å². The van der Waals surface area contributed by atoms with Crippen LogP contribution in [0.5, 0.6) is 11.5 Å². The number of hydrogen-bond acceptors (Lipinski definition) is 5. The fraction of sp³-hybridized carbons (Fsp3) is 0.111. The number of amides is 1. The number of amidine groups is 1. The second kappa shape index (κ2) is 4.87. The summed E-state index contributed by atoms with van der Waals surface area (Å²) >= 11 is 0. The first-order chi connectivity index (χ1) is 7.52. The number of rotatable bonds is 3. The number of nitrogens with two attached hydrogens (primary N) is 1. The SMILES string of the molecule is N/C(CNC(=O)c1cc(O)cc(O)c1)=N/O. The van der Waals surface area contributed by atoms with Crippen molar-refractivity contribution in [2.24, 2.45) is 10.9 Å². The molecule has 0 unspecified atom stereocenters. The first-order valence-corrected chi connectivity index (χ1v) is 4.30. The monoisotopic (exact) mass is 225 g/mol. The van der Waals surface area contributed by atoms with Gasteiger partial charge in [0.25, 0.3) is 5.91 Å². The Morgan fingerprint density at radius 1 is 1.31 bits per heavy atom. The molecule has 0 saturated carbocycles. The van der Waals surface area contributed by atoms with Crippen LogP contribution in [0.25, 0.3) is 0 Å². The second-order valence-corrected chi connectivity index (χ2v) is 3.01. The molecule has 86 valence electrons. The van der Waals surface area contributed by atoms with Gasteiger partial charge < -0.3 is 26.5 Å². The van der Waals surface area contributed by atoms with Crippen molar-refractivity contribution in [1.82, 2.24) is 5.32 Å². The largest absolute Gasteiger partial charge is 0.508 e. The van der Waals surface area contributed by atoms with Gasteiger partial charge >= 0.3 is 0 Å². The number of hydrogen-bond donors (Lipinski definition) is 5. The van der Waals surface area contributed by atoms with E-state index in [4.69, 9.17) is 21.2 Å². The van der Waals surface area contributed by atoms with E-state index in [2.05, 4.69) is 10.5 Å². The van der Waals surface area contributed by atoms with Gasteiger partial charge in [0.05, 0.1) is 6.54 Å². The van der Waals surface area contributed by atoms with Crippen LogP contribution in [0.15, 0.2) is 23.4 Å². The molecule has 0 spiro atoms. The Morgan fingerprint density at radius 2 is 1.88 bits per heavy atom. The molecule has 1 amide bonds. The zero-order valence-electron chi connectivity index (χ0n) is 8.21. The summed E-state index contributed by atoms with van der Waals surface area (Å²) in [6.45, 7) is -0.133. The number of phenolic OH excluding ortho intramolecular Hbond substituents is 2. The second-order valence-electron chi connectivity index (χ2n) is 3.01. The zero-order chi connectivity index (χ0) is 12.1. The number of benzene rings is 1. The summed E-state index contributed by atoms with van der Waals surface area (Å²) in [6.07, 6.45) is 0. The van der Waals surface area contributed by atoms with Crippen molar-refractivity contribution in [1.29, 1.82) is 0 Å². The molecule has 0 bridgehead atoms. The molecular formula is C9H11N3O4. The van der Waals surface area contributed by atoms with Crippen molar-refractivity contribution in [3.8, 4) is 11.5 Å². The molecule has 0 atom stereocenters. The Balaban J connectivity index is 2.73. The van der Waals surface area contributed by atoms with Gasteiger partial charge in [-0.2, -0.15) is 0 Å². The average Bonchev–Trinajstić information content (AvgIpc) is 2.23. The normalized spacial score (nSPS) is 11.1. The third kappa shape index (κ3) is 3.05. The average molecular weight is 225 g/mol. The van der Waals surface area contributed by atoms with Gasteiger partial charge in [-0.15, -0.1) is 0 Å². The number of carbonyl (C=O) groups excluding carboxylic acids is 1. The summed E-state index contributed by atoms with van der Waals surface area (Å²) in [4.78, 5) is 11.4. The van der Waals surface area contributed by atoms with E-state index in [1.165, 1.54) is 12.1 Å². The summed E-state index contributed by atoms with van der Waals surface area (Å²) in [6, 6.07) is 3.46. The molecule has 1 aromatic carbocycles. The Hall–Kier alpha value is -2.44. The molecule has 0 aromatic heterocycles. The minimum Gasteiger partial charge on any atom is -0.508 e. The zero-order valence-corrected chi connectivity index (χ0v) is 8.21. The van der Waals surface area contributed by atoms with Gasteiger partial charge in [-0.25, -0.2) is 0 Å². The van der Waals surface area contributed by atoms with E-state index < -0.39 is 5.91 Å². The van der Waals surface area contributed by atoms with Crippen LogP contribution >= 0.6 is 0 Å². The molecule has 0 radical (unpaired) electrons. The van der Waals surface area contributed by atoms with Gasteiger partial charge in [-0.1, -0.05) is 5.16 Å². The van der Waals surface area contributed by atoms with Gasteiger partial charge in [-0.05, 0) is 12.1 Å². The molecule has 0 heterocycles. The number of nitrogens with zero attached hydrogens (tertiary/aromatic N) is 1. The minimum absolute atomic E-state index is 0.0724. The van der Waals surface area contributed by atoms with Crippen LogP contribution in [-0.2, 0) is 0 Å². The first-order valence-electron chi connectivity index (χ1n) is 4.30. The van der Waals surface area contributed by atoms with Crippen LogP contribution < -0.4 is 11.1 Å². The number of carbonyl (C=O) groups is 1. The van der Waals surface area contributed by atoms with E-state index in [1.54, 1.807) is 0 Å². The van der Waals surface area contributed by atoms with Crippen LogP contribution in [0.4, 0.5) is 0 Å². The van der Waals surface area contributed by atoms with Crippen molar-refractivity contribution >= 4 is 11.7 Å². The molecule has 16 heavy (non-hydrogen) atoms.